The lowest BCUT2D eigenvalue weighted by Crippen LogP contribution is -2.07. The summed E-state index contributed by atoms with van der Waals surface area (Å²) in [5, 5.41) is 2.76. The van der Waals surface area contributed by atoms with Gasteiger partial charge in [-0.15, -0.1) is 0 Å². The van der Waals surface area contributed by atoms with Gasteiger partial charge in [0, 0.05) is 10.5 Å². The molecule has 17 heavy (non-hydrogen) atoms. The predicted molar refractivity (Wildman–Crippen MR) is 70.5 cm³/mol. The van der Waals surface area contributed by atoms with Crippen molar-refractivity contribution in [3.63, 3.8) is 0 Å². The fraction of sp³-hybridized carbons (Fsp3) is 0. The second-order valence-electron chi connectivity index (χ2n) is 3.32. The first-order valence-electron chi connectivity index (χ1n) is 5.03. The molecule has 0 radical (unpaired) electrons. The molecule has 0 saturated carbocycles. The molecule has 86 valence electrons. The summed E-state index contributed by atoms with van der Waals surface area (Å²) in [6, 6.07) is 11.0. The Morgan fingerprint density at radius 2 is 2.06 bits per heavy atom. The molecule has 1 aromatic heterocycles. The van der Waals surface area contributed by atoms with Gasteiger partial charge in [-0.05, 0) is 46.3 Å². The predicted octanol–water partition coefficient (Wildman–Crippen LogP) is 3.69. The molecule has 2 aromatic rings. The number of furan rings is 1. The summed E-state index contributed by atoms with van der Waals surface area (Å²) in [5.41, 5.74) is 0.738. The van der Waals surface area contributed by atoms with E-state index < -0.39 is 0 Å². The van der Waals surface area contributed by atoms with Crippen LogP contribution in [0, 0.1) is 0 Å². The van der Waals surface area contributed by atoms with Crippen molar-refractivity contribution < 1.29 is 9.21 Å². The number of nitrogens with one attached hydrogen (secondary N) is 1. The van der Waals surface area contributed by atoms with E-state index in [0.29, 0.717) is 5.76 Å². The Bertz CT molecular complexity index is 532. The van der Waals surface area contributed by atoms with E-state index in [1.165, 1.54) is 6.08 Å². The van der Waals surface area contributed by atoms with E-state index >= 15 is 0 Å². The van der Waals surface area contributed by atoms with Crippen LogP contribution >= 0.6 is 15.9 Å². The third kappa shape index (κ3) is 3.32. The second-order valence-corrected chi connectivity index (χ2v) is 4.17. The zero-order valence-corrected chi connectivity index (χ0v) is 10.5. The average Bonchev–Trinajstić information content (AvgIpc) is 2.82. The quantitative estimate of drug-likeness (QED) is 0.877. The summed E-state index contributed by atoms with van der Waals surface area (Å²) < 4.78 is 5.93. The number of halogens is 1. The van der Waals surface area contributed by atoms with Crippen molar-refractivity contribution in [2.24, 2.45) is 0 Å². The Morgan fingerprint density at radius 1 is 1.24 bits per heavy atom. The fourth-order valence-corrected chi connectivity index (χ4v) is 1.66. The van der Waals surface area contributed by atoms with E-state index in [2.05, 4.69) is 21.2 Å². The largest absolute Gasteiger partial charge is 0.465 e. The summed E-state index contributed by atoms with van der Waals surface area (Å²) in [5.74, 6) is 0.445. The molecular weight excluding hydrogens is 282 g/mol. The van der Waals surface area contributed by atoms with E-state index in [-0.39, 0.29) is 5.91 Å². The highest BCUT2D eigenvalue weighted by Gasteiger charge is 2.01. The third-order valence-electron chi connectivity index (χ3n) is 2.07. The Hall–Kier alpha value is -1.81. The second kappa shape index (κ2) is 5.50. The smallest absolute Gasteiger partial charge is 0.248 e. The van der Waals surface area contributed by atoms with Crippen LogP contribution in [0.1, 0.15) is 5.76 Å². The molecule has 0 bridgehead atoms. The first-order valence-corrected chi connectivity index (χ1v) is 5.82. The Labute approximate surface area is 107 Å². The van der Waals surface area contributed by atoms with Crippen molar-refractivity contribution in [1.29, 1.82) is 0 Å². The number of hydrogen-bond donors (Lipinski definition) is 1. The van der Waals surface area contributed by atoms with E-state index in [1.807, 2.05) is 24.3 Å². The van der Waals surface area contributed by atoms with Crippen molar-refractivity contribution in [2.45, 2.75) is 0 Å². The maximum absolute atomic E-state index is 11.6. The van der Waals surface area contributed by atoms with Crippen LogP contribution in [-0.2, 0) is 4.79 Å². The molecule has 0 aliphatic carbocycles. The topological polar surface area (TPSA) is 42.2 Å². The Kier molecular flexibility index (Phi) is 3.77. The van der Waals surface area contributed by atoms with Gasteiger partial charge in [-0.1, -0.05) is 12.1 Å². The molecule has 0 fully saturated rings. The van der Waals surface area contributed by atoms with Crippen LogP contribution in [0.5, 0.6) is 0 Å². The molecule has 1 amide bonds. The summed E-state index contributed by atoms with van der Waals surface area (Å²) in [7, 11) is 0. The number of para-hydroxylation sites is 1. The summed E-state index contributed by atoms with van der Waals surface area (Å²) in [6.07, 6.45) is 4.61. The van der Waals surface area contributed by atoms with Crippen molar-refractivity contribution in [2.75, 3.05) is 5.32 Å². The minimum atomic E-state index is -0.201. The third-order valence-corrected chi connectivity index (χ3v) is 2.77. The van der Waals surface area contributed by atoms with Gasteiger partial charge in [0.05, 0.1) is 12.0 Å². The van der Waals surface area contributed by atoms with Gasteiger partial charge in [0.1, 0.15) is 5.76 Å². The number of hydrogen-bond acceptors (Lipinski definition) is 2. The van der Waals surface area contributed by atoms with Gasteiger partial charge in [-0.25, -0.2) is 0 Å². The van der Waals surface area contributed by atoms with Crippen molar-refractivity contribution in [3.05, 3.63) is 59.0 Å². The summed E-state index contributed by atoms with van der Waals surface area (Å²) >= 11 is 3.36. The highest BCUT2D eigenvalue weighted by atomic mass is 79.9. The van der Waals surface area contributed by atoms with E-state index in [0.717, 1.165) is 10.2 Å². The maximum Gasteiger partial charge on any atom is 0.248 e. The lowest BCUT2D eigenvalue weighted by atomic mass is 10.3. The number of benzene rings is 1. The molecule has 0 unspecified atom stereocenters. The van der Waals surface area contributed by atoms with Gasteiger partial charge in [-0.3, -0.25) is 4.79 Å². The lowest BCUT2D eigenvalue weighted by molar-refractivity contribution is -0.111. The molecule has 2 rings (SSSR count). The van der Waals surface area contributed by atoms with Crippen molar-refractivity contribution >= 4 is 33.6 Å². The molecule has 0 atom stereocenters. The van der Waals surface area contributed by atoms with E-state index in [4.69, 9.17) is 4.42 Å². The van der Waals surface area contributed by atoms with Gasteiger partial charge in [0.2, 0.25) is 5.91 Å². The fourth-order valence-electron chi connectivity index (χ4n) is 1.28. The lowest BCUT2D eigenvalue weighted by Gasteiger charge is -2.03. The van der Waals surface area contributed by atoms with Gasteiger partial charge in [0.15, 0.2) is 0 Å². The van der Waals surface area contributed by atoms with Crippen molar-refractivity contribution in [1.82, 2.24) is 0 Å². The average molecular weight is 292 g/mol. The highest BCUT2D eigenvalue weighted by Crippen LogP contribution is 2.21. The van der Waals surface area contributed by atoms with Crippen LogP contribution in [-0.4, -0.2) is 5.91 Å². The van der Waals surface area contributed by atoms with E-state index in [1.54, 1.807) is 24.5 Å². The van der Waals surface area contributed by atoms with Gasteiger partial charge in [0.25, 0.3) is 0 Å². The first-order chi connectivity index (χ1) is 8.25. The minimum Gasteiger partial charge on any atom is -0.465 e. The molecule has 1 heterocycles. The maximum atomic E-state index is 11.6. The number of carbonyl (C=O) groups excluding carboxylic acids is 1. The van der Waals surface area contributed by atoms with Crippen molar-refractivity contribution in [3.8, 4) is 0 Å². The number of anilines is 1. The normalized spacial score (nSPS) is 10.6. The molecular formula is C13H10BrNO2. The molecule has 1 aromatic carbocycles. The molecule has 0 saturated heterocycles. The van der Waals surface area contributed by atoms with Crippen LogP contribution in [0.2, 0.25) is 0 Å². The standard InChI is InChI=1S/C13H10BrNO2/c14-11-5-1-2-6-12(11)15-13(16)8-7-10-4-3-9-17-10/h1-9H,(H,15,16)/b8-7+. The summed E-state index contributed by atoms with van der Waals surface area (Å²) in [4.78, 5) is 11.6. The van der Waals surface area contributed by atoms with Crippen LogP contribution in [0.25, 0.3) is 6.08 Å². The molecule has 1 N–H and O–H groups in total. The highest BCUT2D eigenvalue weighted by molar-refractivity contribution is 9.10. The van der Waals surface area contributed by atoms with Crippen LogP contribution < -0.4 is 5.32 Å². The van der Waals surface area contributed by atoms with Crippen LogP contribution in [0.15, 0.2) is 57.6 Å². The molecule has 0 aliphatic heterocycles. The zero-order chi connectivity index (χ0) is 12.1. The Balaban J connectivity index is 2.01. The van der Waals surface area contributed by atoms with Gasteiger partial charge < -0.3 is 9.73 Å². The Morgan fingerprint density at radius 3 is 2.76 bits per heavy atom. The van der Waals surface area contributed by atoms with E-state index in [9.17, 15) is 4.79 Å². The number of amides is 1. The van der Waals surface area contributed by atoms with Crippen LogP contribution in [0.4, 0.5) is 5.69 Å². The SMILES string of the molecule is O=C(/C=C/c1ccco1)Nc1ccccc1Br. The number of rotatable bonds is 3. The van der Waals surface area contributed by atoms with Gasteiger partial charge >= 0.3 is 0 Å². The van der Waals surface area contributed by atoms with Crippen LogP contribution in [0.3, 0.4) is 0 Å². The zero-order valence-electron chi connectivity index (χ0n) is 8.89. The number of carbonyl (C=O) groups is 1. The summed E-state index contributed by atoms with van der Waals surface area (Å²) in [6.45, 7) is 0. The molecule has 0 spiro atoms. The molecule has 4 heteroatoms. The molecule has 0 aliphatic rings. The minimum absolute atomic E-state index is 0.201. The molecule has 3 nitrogen and oxygen atoms in total. The van der Waals surface area contributed by atoms with Gasteiger partial charge in [-0.2, -0.15) is 0 Å². The monoisotopic (exact) mass is 291 g/mol. The first kappa shape index (κ1) is 11.7.